The topological polar surface area (TPSA) is 59.8 Å². The van der Waals surface area contributed by atoms with E-state index in [4.69, 9.17) is 4.98 Å². The van der Waals surface area contributed by atoms with Gasteiger partial charge in [0, 0.05) is 17.1 Å². The van der Waals surface area contributed by atoms with Crippen LogP contribution in [-0.2, 0) is 4.79 Å². The fourth-order valence-corrected chi connectivity index (χ4v) is 4.83. The largest absolute Gasteiger partial charge is 0.320 e. The lowest BCUT2D eigenvalue weighted by atomic mass is 9.95. The predicted molar refractivity (Wildman–Crippen MR) is 100 cm³/mol. The fraction of sp³-hybridized carbons (Fsp3) is 0.588. The number of aromatic nitrogens is 3. The third kappa shape index (κ3) is 4.00. The van der Waals surface area contributed by atoms with Crippen LogP contribution >= 0.6 is 23.1 Å². The number of anilines is 1. The van der Waals surface area contributed by atoms with Crippen molar-refractivity contribution in [3.8, 4) is 0 Å². The van der Waals surface area contributed by atoms with Crippen LogP contribution in [0, 0.1) is 20.8 Å². The van der Waals surface area contributed by atoms with Gasteiger partial charge in [0.1, 0.15) is 0 Å². The maximum atomic E-state index is 12.2. The molecule has 0 aromatic carbocycles. The van der Waals surface area contributed by atoms with Crippen molar-refractivity contribution in [1.82, 2.24) is 14.5 Å². The Hall–Kier alpha value is -1.34. The zero-order valence-electron chi connectivity index (χ0n) is 14.5. The van der Waals surface area contributed by atoms with E-state index in [0.717, 1.165) is 16.5 Å². The van der Waals surface area contributed by atoms with Crippen molar-refractivity contribution in [2.24, 2.45) is 0 Å². The normalized spacial score (nSPS) is 15.6. The van der Waals surface area contributed by atoms with Gasteiger partial charge in [-0.05, 0) is 33.6 Å². The molecule has 24 heavy (non-hydrogen) atoms. The Kier molecular flexibility index (Phi) is 5.61. The first-order valence-corrected chi connectivity index (χ1v) is 10.3. The number of imidazole rings is 1. The molecule has 0 bridgehead atoms. The summed E-state index contributed by atoms with van der Waals surface area (Å²) >= 11 is 2.99. The summed E-state index contributed by atoms with van der Waals surface area (Å²) in [5.41, 5.74) is 3.24. The minimum atomic E-state index is -0.0251. The van der Waals surface area contributed by atoms with Gasteiger partial charge < -0.3 is 9.88 Å². The van der Waals surface area contributed by atoms with E-state index in [1.807, 2.05) is 12.3 Å². The first kappa shape index (κ1) is 17.5. The quantitative estimate of drug-likeness (QED) is 0.794. The van der Waals surface area contributed by atoms with E-state index in [1.54, 1.807) is 0 Å². The molecule has 1 saturated carbocycles. The van der Waals surface area contributed by atoms with Crippen molar-refractivity contribution < 1.29 is 4.79 Å². The molecule has 2 aromatic heterocycles. The number of thiazole rings is 1. The van der Waals surface area contributed by atoms with E-state index in [0.29, 0.717) is 16.9 Å². The van der Waals surface area contributed by atoms with Crippen molar-refractivity contribution in [2.45, 2.75) is 64.1 Å². The number of aryl methyl sites for hydroxylation is 2. The van der Waals surface area contributed by atoms with Gasteiger partial charge in [0.2, 0.25) is 5.91 Å². The zero-order valence-corrected chi connectivity index (χ0v) is 16.1. The van der Waals surface area contributed by atoms with Crippen molar-refractivity contribution in [3.63, 3.8) is 0 Å². The maximum absolute atomic E-state index is 12.2. The second kappa shape index (κ2) is 7.70. The van der Waals surface area contributed by atoms with Crippen LogP contribution in [0.3, 0.4) is 0 Å². The van der Waals surface area contributed by atoms with E-state index < -0.39 is 0 Å². The molecule has 0 atom stereocenters. The highest BCUT2D eigenvalue weighted by atomic mass is 32.2. The average molecular weight is 365 g/mol. The van der Waals surface area contributed by atoms with Crippen LogP contribution in [0.4, 0.5) is 5.13 Å². The SMILES string of the molecule is Cc1csc(NC(=O)CSc2nc(C)c(C)n2C2CCCCC2)n1. The van der Waals surface area contributed by atoms with Gasteiger partial charge in [0.25, 0.3) is 0 Å². The molecule has 0 radical (unpaired) electrons. The van der Waals surface area contributed by atoms with Crippen LogP contribution in [0.5, 0.6) is 0 Å². The maximum Gasteiger partial charge on any atom is 0.236 e. The van der Waals surface area contributed by atoms with Gasteiger partial charge in [-0.2, -0.15) is 0 Å². The third-order valence-corrected chi connectivity index (χ3v) is 6.32. The van der Waals surface area contributed by atoms with Gasteiger partial charge in [-0.25, -0.2) is 9.97 Å². The molecule has 1 amide bonds. The van der Waals surface area contributed by atoms with Crippen LogP contribution in [0.2, 0.25) is 0 Å². The molecule has 1 aliphatic rings. The Bertz CT molecular complexity index is 716. The number of nitrogens with zero attached hydrogens (tertiary/aromatic N) is 3. The van der Waals surface area contributed by atoms with Gasteiger partial charge in [-0.1, -0.05) is 31.0 Å². The Morgan fingerprint density at radius 2 is 2.04 bits per heavy atom. The molecular weight excluding hydrogens is 340 g/mol. The van der Waals surface area contributed by atoms with Crippen molar-refractivity contribution >= 4 is 34.1 Å². The number of hydrogen-bond donors (Lipinski definition) is 1. The molecule has 1 aliphatic carbocycles. The highest BCUT2D eigenvalue weighted by molar-refractivity contribution is 7.99. The number of amides is 1. The number of rotatable bonds is 5. The van der Waals surface area contributed by atoms with Crippen molar-refractivity contribution in [1.29, 1.82) is 0 Å². The molecular formula is C17H24N4OS2. The smallest absolute Gasteiger partial charge is 0.236 e. The van der Waals surface area contributed by atoms with Gasteiger partial charge in [0.05, 0.1) is 17.1 Å². The molecule has 1 fully saturated rings. The molecule has 2 aromatic rings. The third-order valence-electron chi connectivity index (χ3n) is 4.49. The average Bonchev–Trinajstić information content (AvgIpc) is 3.10. The van der Waals surface area contributed by atoms with E-state index in [-0.39, 0.29) is 5.91 Å². The molecule has 0 saturated heterocycles. The number of carbonyl (C=O) groups is 1. The number of carbonyl (C=O) groups excluding carboxylic acids is 1. The number of nitrogens with one attached hydrogen (secondary N) is 1. The Labute approximate surface area is 151 Å². The minimum absolute atomic E-state index is 0.0251. The molecule has 0 aliphatic heterocycles. The van der Waals surface area contributed by atoms with Crippen LogP contribution in [-0.4, -0.2) is 26.2 Å². The molecule has 0 spiro atoms. The van der Waals surface area contributed by atoms with Crippen LogP contribution in [0.25, 0.3) is 0 Å². The molecule has 1 N–H and O–H groups in total. The molecule has 0 unspecified atom stereocenters. The second-order valence-electron chi connectivity index (χ2n) is 6.36. The highest BCUT2D eigenvalue weighted by Crippen LogP contribution is 2.34. The fourth-order valence-electron chi connectivity index (χ4n) is 3.16. The summed E-state index contributed by atoms with van der Waals surface area (Å²) in [5, 5.41) is 6.44. The summed E-state index contributed by atoms with van der Waals surface area (Å²) in [6.07, 6.45) is 6.34. The predicted octanol–water partition coefficient (Wildman–Crippen LogP) is 4.50. The lowest BCUT2D eigenvalue weighted by Crippen LogP contribution is -2.17. The van der Waals surface area contributed by atoms with Crippen LogP contribution < -0.4 is 5.32 Å². The van der Waals surface area contributed by atoms with Gasteiger partial charge in [-0.15, -0.1) is 11.3 Å². The minimum Gasteiger partial charge on any atom is -0.320 e. The first-order chi connectivity index (χ1) is 11.5. The van der Waals surface area contributed by atoms with E-state index >= 15 is 0 Å². The summed E-state index contributed by atoms with van der Waals surface area (Å²) in [4.78, 5) is 21.1. The highest BCUT2D eigenvalue weighted by Gasteiger charge is 2.22. The molecule has 7 heteroatoms. The Morgan fingerprint density at radius 1 is 1.29 bits per heavy atom. The monoisotopic (exact) mass is 364 g/mol. The lowest BCUT2D eigenvalue weighted by Gasteiger charge is -2.26. The van der Waals surface area contributed by atoms with Gasteiger partial charge >= 0.3 is 0 Å². The molecule has 5 nitrogen and oxygen atoms in total. The van der Waals surface area contributed by atoms with Crippen molar-refractivity contribution in [2.75, 3.05) is 11.1 Å². The first-order valence-electron chi connectivity index (χ1n) is 8.45. The lowest BCUT2D eigenvalue weighted by molar-refractivity contribution is -0.113. The standard InChI is InChI=1S/C17H24N4OS2/c1-11-9-23-16(18-11)20-15(22)10-24-17-19-12(2)13(3)21(17)14-7-5-4-6-8-14/h9,14H,4-8,10H2,1-3H3,(H,18,20,22). The molecule has 130 valence electrons. The summed E-state index contributed by atoms with van der Waals surface area (Å²) in [7, 11) is 0. The van der Waals surface area contributed by atoms with E-state index in [9.17, 15) is 4.79 Å². The van der Waals surface area contributed by atoms with Crippen molar-refractivity contribution in [3.05, 3.63) is 22.5 Å². The summed E-state index contributed by atoms with van der Waals surface area (Å²) in [5.74, 6) is 0.337. The molecule has 2 heterocycles. The van der Waals surface area contributed by atoms with E-state index in [1.165, 1.54) is 60.9 Å². The van der Waals surface area contributed by atoms with Crippen LogP contribution in [0.1, 0.15) is 55.2 Å². The van der Waals surface area contributed by atoms with E-state index in [2.05, 4.69) is 28.7 Å². The number of thioether (sulfide) groups is 1. The Balaban J connectivity index is 1.66. The Morgan fingerprint density at radius 3 is 2.71 bits per heavy atom. The summed E-state index contributed by atoms with van der Waals surface area (Å²) in [6, 6.07) is 0.534. The van der Waals surface area contributed by atoms with Gasteiger partial charge in [-0.3, -0.25) is 4.79 Å². The molecule has 3 rings (SSSR count). The second-order valence-corrected chi connectivity index (χ2v) is 8.16. The zero-order chi connectivity index (χ0) is 17.1. The summed E-state index contributed by atoms with van der Waals surface area (Å²) < 4.78 is 2.36. The van der Waals surface area contributed by atoms with Crippen LogP contribution in [0.15, 0.2) is 10.5 Å². The summed E-state index contributed by atoms with van der Waals surface area (Å²) in [6.45, 7) is 6.12. The number of hydrogen-bond acceptors (Lipinski definition) is 5. The van der Waals surface area contributed by atoms with Gasteiger partial charge in [0.15, 0.2) is 10.3 Å².